The van der Waals surface area contributed by atoms with Crippen LogP contribution in [0.4, 0.5) is 4.39 Å². The first-order chi connectivity index (χ1) is 8.66. The van der Waals surface area contributed by atoms with E-state index in [0.717, 1.165) is 5.56 Å². The van der Waals surface area contributed by atoms with Crippen molar-refractivity contribution in [2.75, 3.05) is 0 Å². The van der Waals surface area contributed by atoms with Gasteiger partial charge in [-0.3, -0.25) is 4.79 Å². The third-order valence-corrected chi connectivity index (χ3v) is 3.60. The Kier molecular flexibility index (Phi) is 2.67. The molecular weight excluding hydrogens is 251 g/mol. The van der Waals surface area contributed by atoms with E-state index < -0.39 is 0 Å². The summed E-state index contributed by atoms with van der Waals surface area (Å²) < 4.78 is 13.8. The Morgan fingerprint density at radius 1 is 1.11 bits per heavy atom. The van der Waals surface area contributed by atoms with E-state index in [9.17, 15) is 9.18 Å². The van der Waals surface area contributed by atoms with Crippen LogP contribution in [0, 0.1) is 5.82 Å². The van der Waals surface area contributed by atoms with Crippen molar-refractivity contribution in [3.63, 3.8) is 0 Å². The van der Waals surface area contributed by atoms with E-state index in [0.29, 0.717) is 22.6 Å². The van der Waals surface area contributed by atoms with Gasteiger partial charge in [0.05, 0.1) is 0 Å². The van der Waals surface area contributed by atoms with Gasteiger partial charge in [0.25, 0.3) is 0 Å². The summed E-state index contributed by atoms with van der Waals surface area (Å²) in [5, 5.41) is 0.538. The molecule has 18 heavy (non-hydrogen) atoms. The van der Waals surface area contributed by atoms with Crippen molar-refractivity contribution in [1.29, 1.82) is 0 Å². The molecule has 2 aromatic carbocycles. The third kappa shape index (κ3) is 1.73. The zero-order valence-electron chi connectivity index (χ0n) is 9.49. The van der Waals surface area contributed by atoms with Crippen LogP contribution in [0.2, 0.25) is 5.02 Å². The molecule has 0 amide bonds. The number of Topliss-reactive ketones (excluding diaryl/α,β-unsaturated/α-hetero) is 1. The molecule has 0 aliphatic heterocycles. The summed E-state index contributed by atoms with van der Waals surface area (Å²) in [6, 6.07) is 11.8. The van der Waals surface area contributed by atoms with Crippen molar-refractivity contribution in [1.82, 2.24) is 0 Å². The molecule has 0 N–H and O–H groups in total. The van der Waals surface area contributed by atoms with Crippen LogP contribution in [0.3, 0.4) is 0 Å². The summed E-state index contributed by atoms with van der Waals surface area (Å²) in [6.07, 6.45) is 0.316. The fourth-order valence-electron chi connectivity index (χ4n) is 2.51. The molecule has 1 aliphatic carbocycles. The highest BCUT2D eigenvalue weighted by molar-refractivity contribution is 6.31. The second kappa shape index (κ2) is 4.21. The molecule has 0 saturated heterocycles. The Bertz CT molecular complexity index is 636. The molecule has 0 saturated carbocycles. The highest BCUT2D eigenvalue weighted by Crippen LogP contribution is 2.39. The van der Waals surface area contributed by atoms with Gasteiger partial charge in [0.2, 0.25) is 0 Å². The average molecular weight is 261 g/mol. The lowest BCUT2D eigenvalue weighted by atomic mass is 9.93. The van der Waals surface area contributed by atoms with Crippen molar-refractivity contribution in [2.24, 2.45) is 0 Å². The minimum Gasteiger partial charge on any atom is -0.294 e. The zero-order valence-corrected chi connectivity index (χ0v) is 10.2. The van der Waals surface area contributed by atoms with Gasteiger partial charge in [-0.1, -0.05) is 35.9 Å². The quantitative estimate of drug-likeness (QED) is 0.751. The van der Waals surface area contributed by atoms with E-state index in [1.165, 1.54) is 6.07 Å². The summed E-state index contributed by atoms with van der Waals surface area (Å²) in [7, 11) is 0. The summed E-state index contributed by atoms with van der Waals surface area (Å²) >= 11 is 5.89. The van der Waals surface area contributed by atoms with Gasteiger partial charge in [0.1, 0.15) is 5.82 Å². The Hall–Kier alpha value is -1.67. The van der Waals surface area contributed by atoms with Gasteiger partial charge in [0, 0.05) is 22.9 Å². The van der Waals surface area contributed by atoms with Crippen LogP contribution in [0.5, 0.6) is 0 Å². The zero-order chi connectivity index (χ0) is 12.7. The van der Waals surface area contributed by atoms with Crippen LogP contribution in [0.15, 0.2) is 42.5 Å². The van der Waals surface area contributed by atoms with E-state index in [-0.39, 0.29) is 17.5 Å². The molecule has 3 rings (SSSR count). The van der Waals surface area contributed by atoms with Gasteiger partial charge in [-0.25, -0.2) is 4.39 Å². The predicted molar refractivity (Wildman–Crippen MR) is 68.6 cm³/mol. The lowest BCUT2D eigenvalue weighted by Crippen LogP contribution is -1.99. The molecular formula is C15H10ClFO. The number of hydrogen-bond acceptors (Lipinski definition) is 1. The number of carbonyl (C=O) groups is 1. The third-order valence-electron chi connectivity index (χ3n) is 3.36. The van der Waals surface area contributed by atoms with Crippen LogP contribution in [-0.4, -0.2) is 5.78 Å². The van der Waals surface area contributed by atoms with Gasteiger partial charge in [-0.05, 0) is 29.3 Å². The van der Waals surface area contributed by atoms with Gasteiger partial charge in [-0.15, -0.1) is 0 Å². The molecule has 0 unspecified atom stereocenters. The molecule has 0 fully saturated rings. The normalized spacial score (nSPS) is 17.9. The standard InChI is InChI=1S/C15H10ClFO/c16-9-5-6-10-12(8-15(18)13(10)7-9)11-3-1-2-4-14(11)17/h1-7,12H,8H2/t12-/m0/s1. The average Bonchev–Trinajstić information content (AvgIpc) is 2.67. The molecule has 1 atom stereocenters. The van der Waals surface area contributed by atoms with Crippen molar-refractivity contribution < 1.29 is 9.18 Å². The monoisotopic (exact) mass is 260 g/mol. The number of ketones is 1. The first kappa shape index (κ1) is 11.4. The molecule has 0 aromatic heterocycles. The maximum Gasteiger partial charge on any atom is 0.164 e. The van der Waals surface area contributed by atoms with Gasteiger partial charge in [-0.2, -0.15) is 0 Å². The number of benzene rings is 2. The molecule has 0 bridgehead atoms. The Balaban J connectivity index is 2.14. The molecule has 0 spiro atoms. The predicted octanol–water partition coefficient (Wildman–Crippen LogP) is 4.20. The van der Waals surface area contributed by atoms with Crippen LogP contribution in [0.1, 0.15) is 33.8 Å². The largest absolute Gasteiger partial charge is 0.294 e. The van der Waals surface area contributed by atoms with Gasteiger partial charge >= 0.3 is 0 Å². The van der Waals surface area contributed by atoms with Gasteiger partial charge in [0.15, 0.2) is 5.78 Å². The van der Waals surface area contributed by atoms with E-state index in [1.807, 2.05) is 6.07 Å². The first-order valence-corrected chi connectivity index (χ1v) is 6.11. The first-order valence-electron chi connectivity index (χ1n) is 5.74. The maximum atomic E-state index is 13.8. The number of carbonyl (C=O) groups excluding carboxylic acids is 1. The maximum absolute atomic E-state index is 13.8. The number of fused-ring (bicyclic) bond motifs is 1. The molecule has 1 aliphatic rings. The second-order valence-corrected chi connectivity index (χ2v) is 4.87. The molecule has 3 heteroatoms. The summed E-state index contributed by atoms with van der Waals surface area (Å²) in [4.78, 5) is 11.9. The molecule has 0 radical (unpaired) electrons. The highest BCUT2D eigenvalue weighted by atomic mass is 35.5. The molecule has 2 aromatic rings. The fraction of sp³-hybridized carbons (Fsp3) is 0.133. The molecule has 90 valence electrons. The highest BCUT2D eigenvalue weighted by Gasteiger charge is 2.31. The summed E-state index contributed by atoms with van der Waals surface area (Å²) in [5.74, 6) is -0.426. The SMILES string of the molecule is O=C1C[C@H](c2ccccc2F)c2ccc(Cl)cc21. The van der Waals surface area contributed by atoms with Crippen LogP contribution in [0.25, 0.3) is 0 Å². The van der Waals surface area contributed by atoms with Gasteiger partial charge < -0.3 is 0 Å². The number of rotatable bonds is 1. The smallest absolute Gasteiger partial charge is 0.164 e. The van der Waals surface area contributed by atoms with Crippen LogP contribution in [-0.2, 0) is 0 Å². The van der Waals surface area contributed by atoms with Crippen LogP contribution >= 0.6 is 11.6 Å². The number of hydrogen-bond donors (Lipinski definition) is 0. The fourth-order valence-corrected chi connectivity index (χ4v) is 2.69. The van der Waals surface area contributed by atoms with E-state index >= 15 is 0 Å². The lowest BCUT2D eigenvalue weighted by molar-refractivity contribution is 0.0991. The van der Waals surface area contributed by atoms with E-state index in [1.54, 1.807) is 30.3 Å². The summed E-state index contributed by atoms with van der Waals surface area (Å²) in [5.41, 5.74) is 2.07. The molecule has 1 nitrogen and oxygen atoms in total. The molecule has 0 heterocycles. The Labute approximate surface area is 109 Å². The van der Waals surface area contributed by atoms with Crippen molar-refractivity contribution in [3.8, 4) is 0 Å². The second-order valence-electron chi connectivity index (χ2n) is 4.43. The number of halogens is 2. The summed E-state index contributed by atoms with van der Waals surface area (Å²) in [6.45, 7) is 0. The van der Waals surface area contributed by atoms with E-state index in [2.05, 4.69) is 0 Å². The van der Waals surface area contributed by atoms with Crippen molar-refractivity contribution in [2.45, 2.75) is 12.3 Å². The van der Waals surface area contributed by atoms with E-state index in [4.69, 9.17) is 11.6 Å². The van der Waals surface area contributed by atoms with Crippen molar-refractivity contribution >= 4 is 17.4 Å². The Morgan fingerprint density at radius 2 is 1.89 bits per heavy atom. The minimum atomic E-state index is -0.266. The van der Waals surface area contributed by atoms with Crippen LogP contribution < -0.4 is 0 Å². The Morgan fingerprint density at radius 3 is 2.67 bits per heavy atom. The minimum absolute atomic E-state index is 0.0285. The topological polar surface area (TPSA) is 17.1 Å². The van der Waals surface area contributed by atoms with Crippen molar-refractivity contribution in [3.05, 3.63) is 70.0 Å². The lowest BCUT2D eigenvalue weighted by Gasteiger charge is -2.12.